The Kier molecular flexibility index (Phi) is 5.03. The van der Waals surface area contributed by atoms with E-state index in [1.54, 1.807) is 23.3 Å². The highest BCUT2D eigenvalue weighted by molar-refractivity contribution is 7.89. The van der Waals surface area contributed by atoms with E-state index in [9.17, 15) is 13.2 Å². The molecule has 146 valence electrons. The molecular formula is C20H26N2O3S2. The number of fused-ring (bicyclic) bond motifs is 1. The predicted octanol–water partition coefficient (Wildman–Crippen LogP) is 3.66. The molecule has 5 nitrogen and oxygen atoms in total. The molecule has 2 aromatic rings. The van der Waals surface area contributed by atoms with Crippen LogP contribution in [0.15, 0.2) is 24.3 Å². The first-order valence-electron chi connectivity index (χ1n) is 9.61. The molecule has 2 aliphatic rings. The van der Waals surface area contributed by atoms with Gasteiger partial charge < -0.3 is 4.90 Å². The molecule has 1 aromatic heterocycles. The number of hydrogen-bond acceptors (Lipinski definition) is 4. The van der Waals surface area contributed by atoms with Gasteiger partial charge in [-0.05, 0) is 36.3 Å². The van der Waals surface area contributed by atoms with Gasteiger partial charge in [0, 0.05) is 37.8 Å². The molecule has 27 heavy (non-hydrogen) atoms. The smallest absolute Gasteiger partial charge is 0.263 e. The number of benzene rings is 1. The van der Waals surface area contributed by atoms with Crippen molar-refractivity contribution in [3.8, 4) is 0 Å². The van der Waals surface area contributed by atoms with Crippen LogP contribution in [0.3, 0.4) is 0 Å². The Hall–Kier alpha value is -1.44. The zero-order chi connectivity index (χ0) is 19.2. The van der Waals surface area contributed by atoms with E-state index in [1.807, 2.05) is 18.2 Å². The van der Waals surface area contributed by atoms with Crippen LogP contribution >= 0.6 is 11.3 Å². The van der Waals surface area contributed by atoms with Gasteiger partial charge in [0.15, 0.2) is 0 Å². The van der Waals surface area contributed by atoms with Crippen LogP contribution in [-0.4, -0.2) is 56.0 Å². The molecule has 0 radical (unpaired) electrons. The van der Waals surface area contributed by atoms with Crippen molar-refractivity contribution in [3.63, 3.8) is 0 Å². The van der Waals surface area contributed by atoms with Gasteiger partial charge in [0.05, 0.1) is 10.1 Å². The van der Waals surface area contributed by atoms with E-state index in [2.05, 4.69) is 6.07 Å². The van der Waals surface area contributed by atoms with E-state index >= 15 is 0 Å². The summed E-state index contributed by atoms with van der Waals surface area (Å²) in [6.07, 6.45) is 4.38. The fourth-order valence-electron chi connectivity index (χ4n) is 4.42. The Morgan fingerprint density at radius 3 is 2.56 bits per heavy atom. The summed E-state index contributed by atoms with van der Waals surface area (Å²) in [5.41, 5.74) is 1.04. The molecule has 1 aliphatic carbocycles. The van der Waals surface area contributed by atoms with Crippen molar-refractivity contribution in [2.24, 2.45) is 0 Å². The molecule has 1 aliphatic heterocycles. The second-order valence-corrected chi connectivity index (χ2v) is 11.1. The normalized spacial score (nSPS) is 21.9. The SMILES string of the molecule is CN(C)C(=O)c1sc2ccccc2c1C1CCN(S(=O)(=O)C2CCCC2)C1. The second-order valence-electron chi connectivity index (χ2n) is 7.84. The third kappa shape index (κ3) is 3.30. The van der Waals surface area contributed by atoms with Gasteiger partial charge in [0.25, 0.3) is 5.91 Å². The molecule has 1 unspecified atom stereocenters. The van der Waals surface area contributed by atoms with Crippen molar-refractivity contribution in [2.75, 3.05) is 27.2 Å². The molecule has 1 atom stereocenters. The van der Waals surface area contributed by atoms with Gasteiger partial charge >= 0.3 is 0 Å². The molecule has 0 spiro atoms. The van der Waals surface area contributed by atoms with Crippen LogP contribution < -0.4 is 0 Å². The minimum Gasteiger partial charge on any atom is -0.344 e. The molecule has 1 saturated heterocycles. The Bertz CT molecular complexity index is 959. The number of sulfonamides is 1. The average molecular weight is 407 g/mol. The largest absolute Gasteiger partial charge is 0.344 e. The molecule has 0 bridgehead atoms. The zero-order valence-electron chi connectivity index (χ0n) is 15.8. The average Bonchev–Trinajstić information content (AvgIpc) is 3.38. The number of carbonyl (C=O) groups excluding carboxylic acids is 1. The van der Waals surface area contributed by atoms with Gasteiger partial charge in [-0.3, -0.25) is 4.79 Å². The first-order valence-corrected chi connectivity index (χ1v) is 11.9. The topological polar surface area (TPSA) is 57.7 Å². The van der Waals surface area contributed by atoms with E-state index in [-0.39, 0.29) is 17.1 Å². The van der Waals surface area contributed by atoms with Gasteiger partial charge in [-0.25, -0.2) is 12.7 Å². The molecule has 1 amide bonds. The molecule has 0 N–H and O–H groups in total. The van der Waals surface area contributed by atoms with Gasteiger partial charge in [0.2, 0.25) is 10.0 Å². The van der Waals surface area contributed by atoms with Crippen LogP contribution in [0.4, 0.5) is 0 Å². The van der Waals surface area contributed by atoms with E-state index < -0.39 is 10.0 Å². The Morgan fingerprint density at radius 1 is 1.15 bits per heavy atom. The van der Waals surface area contributed by atoms with Gasteiger partial charge in [-0.1, -0.05) is 31.0 Å². The molecule has 7 heteroatoms. The fraction of sp³-hybridized carbons (Fsp3) is 0.550. The summed E-state index contributed by atoms with van der Waals surface area (Å²) in [5, 5.41) is 0.885. The van der Waals surface area contributed by atoms with Gasteiger partial charge in [-0.2, -0.15) is 0 Å². The second kappa shape index (κ2) is 7.18. The monoisotopic (exact) mass is 406 g/mol. The Balaban J connectivity index is 1.69. The lowest BCUT2D eigenvalue weighted by molar-refractivity contribution is 0.0831. The van der Waals surface area contributed by atoms with Gasteiger partial charge in [-0.15, -0.1) is 11.3 Å². The summed E-state index contributed by atoms with van der Waals surface area (Å²) in [7, 11) is 0.308. The van der Waals surface area contributed by atoms with Crippen molar-refractivity contribution >= 4 is 37.4 Å². The molecule has 1 aromatic carbocycles. The third-order valence-corrected chi connectivity index (χ3v) is 9.42. The van der Waals surface area contributed by atoms with Crippen LogP contribution in [0.5, 0.6) is 0 Å². The molecular weight excluding hydrogens is 380 g/mol. The van der Waals surface area contributed by atoms with Crippen LogP contribution in [0.1, 0.15) is 53.3 Å². The summed E-state index contributed by atoms with van der Waals surface area (Å²) in [4.78, 5) is 15.1. The zero-order valence-corrected chi connectivity index (χ0v) is 17.5. The number of rotatable bonds is 4. The standard InChI is InChI=1S/C20H26N2O3S2/c1-21(2)20(23)19-18(16-9-5-6-10-17(16)26-19)14-11-12-22(13-14)27(24,25)15-7-3-4-8-15/h5-6,9-10,14-15H,3-4,7-8,11-13H2,1-2H3. The molecule has 1 saturated carbocycles. The first kappa shape index (κ1) is 18.9. The Morgan fingerprint density at radius 2 is 1.85 bits per heavy atom. The summed E-state index contributed by atoms with van der Waals surface area (Å²) >= 11 is 1.52. The number of amides is 1. The van der Waals surface area contributed by atoms with Crippen molar-refractivity contribution in [3.05, 3.63) is 34.7 Å². The fourth-order valence-corrected chi connectivity index (χ4v) is 7.83. The van der Waals surface area contributed by atoms with E-state index in [0.29, 0.717) is 13.1 Å². The van der Waals surface area contributed by atoms with Crippen LogP contribution in [0.25, 0.3) is 10.1 Å². The van der Waals surface area contributed by atoms with Crippen LogP contribution in [0.2, 0.25) is 0 Å². The first-order chi connectivity index (χ1) is 12.9. The number of carbonyl (C=O) groups is 1. The summed E-state index contributed by atoms with van der Waals surface area (Å²) < 4.78 is 28.8. The molecule has 4 rings (SSSR count). The Labute approximate surface area is 165 Å². The van der Waals surface area contributed by atoms with Crippen LogP contribution in [-0.2, 0) is 10.0 Å². The maximum atomic E-state index is 13.0. The lowest BCUT2D eigenvalue weighted by atomic mass is 9.95. The molecule has 2 heterocycles. The number of hydrogen-bond donors (Lipinski definition) is 0. The summed E-state index contributed by atoms with van der Waals surface area (Å²) in [6.45, 7) is 1.05. The summed E-state index contributed by atoms with van der Waals surface area (Å²) in [6, 6.07) is 8.07. The van der Waals surface area contributed by atoms with Crippen molar-refractivity contribution in [2.45, 2.75) is 43.3 Å². The van der Waals surface area contributed by atoms with Crippen molar-refractivity contribution < 1.29 is 13.2 Å². The highest BCUT2D eigenvalue weighted by Crippen LogP contribution is 2.42. The lowest BCUT2D eigenvalue weighted by Gasteiger charge is -2.21. The maximum Gasteiger partial charge on any atom is 0.263 e. The highest BCUT2D eigenvalue weighted by atomic mass is 32.2. The predicted molar refractivity (Wildman–Crippen MR) is 110 cm³/mol. The molecule has 2 fully saturated rings. The lowest BCUT2D eigenvalue weighted by Crippen LogP contribution is -2.36. The maximum absolute atomic E-state index is 13.0. The third-order valence-electron chi connectivity index (χ3n) is 5.88. The summed E-state index contributed by atoms with van der Waals surface area (Å²) in [5.74, 6) is 0.0829. The number of thiophene rings is 1. The minimum atomic E-state index is -3.22. The van der Waals surface area contributed by atoms with Crippen molar-refractivity contribution in [1.82, 2.24) is 9.21 Å². The quantitative estimate of drug-likeness (QED) is 0.778. The van der Waals surface area contributed by atoms with E-state index in [4.69, 9.17) is 0 Å². The number of nitrogens with zero attached hydrogens (tertiary/aromatic N) is 2. The van der Waals surface area contributed by atoms with Gasteiger partial charge in [0.1, 0.15) is 0 Å². The van der Waals surface area contributed by atoms with Crippen LogP contribution in [0, 0.1) is 0 Å². The van der Waals surface area contributed by atoms with E-state index in [1.165, 1.54) is 11.3 Å². The van der Waals surface area contributed by atoms with Crippen molar-refractivity contribution in [1.29, 1.82) is 0 Å². The minimum absolute atomic E-state index is 0.00306. The van der Waals surface area contributed by atoms with E-state index in [0.717, 1.165) is 52.6 Å². The highest BCUT2D eigenvalue weighted by Gasteiger charge is 2.40.